The Hall–Kier alpha value is -0.370. The lowest BCUT2D eigenvalue weighted by Crippen LogP contribution is -1.55. The van der Waals surface area contributed by atoms with Gasteiger partial charge in [0.1, 0.15) is 6.79 Å². The van der Waals surface area contributed by atoms with Crippen LogP contribution in [0.5, 0.6) is 0 Å². The summed E-state index contributed by atoms with van der Waals surface area (Å²) in [6.07, 6.45) is 7.50. The SMILES string of the molecule is C1CCCC1.C=O.COC. The Bertz CT molecular complexity index is 34.9. The summed E-state index contributed by atoms with van der Waals surface area (Å²) in [7, 11) is 3.25. The normalized spacial score (nSPS) is 14.2. The first-order valence-corrected chi connectivity index (χ1v) is 3.61. The van der Waals surface area contributed by atoms with Crippen LogP contribution in [0.15, 0.2) is 0 Å². The summed E-state index contributed by atoms with van der Waals surface area (Å²) in [6.45, 7) is 2.00. The number of hydrogen-bond acceptors (Lipinski definition) is 2. The summed E-state index contributed by atoms with van der Waals surface area (Å²) in [5.74, 6) is 0. The average Bonchev–Trinajstić information content (AvgIpc) is 2.48. The molecule has 0 spiro atoms. The topological polar surface area (TPSA) is 26.3 Å². The highest BCUT2D eigenvalue weighted by Crippen LogP contribution is 2.15. The van der Waals surface area contributed by atoms with Gasteiger partial charge in [-0.15, -0.1) is 0 Å². The largest absolute Gasteiger partial charge is 0.388 e. The Morgan fingerprint density at radius 2 is 1.00 bits per heavy atom. The van der Waals surface area contributed by atoms with Gasteiger partial charge in [0.2, 0.25) is 0 Å². The van der Waals surface area contributed by atoms with Crippen molar-refractivity contribution >= 4 is 6.79 Å². The minimum absolute atomic E-state index is 1.50. The predicted octanol–water partition coefficient (Wildman–Crippen LogP) is 2.03. The molecule has 1 aliphatic rings. The van der Waals surface area contributed by atoms with E-state index in [1.54, 1.807) is 14.2 Å². The summed E-state index contributed by atoms with van der Waals surface area (Å²) >= 11 is 0. The molecule has 1 rings (SSSR count). The molecule has 1 aliphatic carbocycles. The number of hydrogen-bond donors (Lipinski definition) is 0. The smallest absolute Gasteiger partial charge is 0.106 e. The van der Waals surface area contributed by atoms with Crippen LogP contribution >= 0.6 is 0 Å². The van der Waals surface area contributed by atoms with Crippen LogP contribution in [-0.2, 0) is 9.53 Å². The third-order valence-corrected chi connectivity index (χ3v) is 1.25. The van der Waals surface area contributed by atoms with Gasteiger partial charge in [-0.1, -0.05) is 32.1 Å². The molecule has 0 radical (unpaired) electrons. The average molecular weight is 146 g/mol. The van der Waals surface area contributed by atoms with Gasteiger partial charge in [-0.25, -0.2) is 0 Å². The van der Waals surface area contributed by atoms with Crippen molar-refractivity contribution in [1.82, 2.24) is 0 Å². The van der Waals surface area contributed by atoms with E-state index in [0.717, 1.165) is 0 Å². The van der Waals surface area contributed by atoms with E-state index in [2.05, 4.69) is 4.74 Å². The van der Waals surface area contributed by atoms with E-state index < -0.39 is 0 Å². The molecule has 0 aliphatic heterocycles. The van der Waals surface area contributed by atoms with Gasteiger partial charge >= 0.3 is 0 Å². The highest BCUT2D eigenvalue weighted by molar-refractivity contribution is 5.10. The fourth-order valence-corrected chi connectivity index (χ4v) is 0.884. The second-order valence-corrected chi connectivity index (χ2v) is 2.18. The minimum atomic E-state index is 1.50. The molecule has 0 aromatic heterocycles. The highest BCUT2D eigenvalue weighted by Gasteiger charge is 1.95. The van der Waals surface area contributed by atoms with E-state index in [9.17, 15) is 0 Å². The molecule has 1 saturated carbocycles. The van der Waals surface area contributed by atoms with Crippen molar-refractivity contribution in [1.29, 1.82) is 0 Å². The first kappa shape index (κ1) is 12.3. The third kappa shape index (κ3) is 15.6. The molecule has 0 bridgehead atoms. The van der Waals surface area contributed by atoms with Crippen LogP contribution in [0.4, 0.5) is 0 Å². The summed E-state index contributed by atoms with van der Waals surface area (Å²) in [6, 6.07) is 0. The van der Waals surface area contributed by atoms with Crippen molar-refractivity contribution in [2.45, 2.75) is 32.1 Å². The number of ether oxygens (including phenoxy) is 1. The Labute approximate surface area is 63.6 Å². The molecule has 2 heteroatoms. The van der Waals surface area contributed by atoms with Crippen LogP contribution in [0.25, 0.3) is 0 Å². The zero-order chi connectivity index (χ0) is 8.24. The molecule has 62 valence electrons. The van der Waals surface area contributed by atoms with Gasteiger partial charge in [0.05, 0.1) is 0 Å². The van der Waals surface area contributed by atoms with Crippen molar-refractivity contribution < 1.29 is 9.53 Å². The summed E-state index contributed by atoms with van der Waals surface area (Å²) < 4.78 is 4.25. The first-order valence-electron chi connectivity index (χ1n) is 3.61. The van der Waals surface area contributed by atoms with Crippen molar-refractivity contribution in [2.75, 3.05) is 14.2 Å². The van der Waals surface area contributed by atoms with Gasteiger partial charge in [-0.2, -0.15) is 0 Å². The van der Waals surface area contributed by atoms with E-state index >= 15 is 0 Å². The maximum Gasteiger partial charge on any atom is 0.106 e. The quantitative estimate of drug-likeness (QED) is 0.522. The Kier molecular flexibility index (Phi) is 19.5. The van der Waals surface area contributed by atoms with E-state index in [-0.39, 0.29) is 0 Å². The molecule has 0 saturated heterocycles. The third-order valence-electron chi connectivity index (χ3n) is 1.25. The summed E-state index contributed by atoms with van der Waals surface area (Å²) in [4.78, 5) is 8.00. The zero-order valence-electron chi connectivity index (χ0n) is 7.06. The predicted molar refractivity (Wildman–Crippen MR) is 43.1 cm³/mol. The van der Waals surface area contributed by atoms with Gasteiger partial charge in [-0.3, -0.25) is 0 Å². The summed E-state index contributed by atoms with van der Waals surface area (Å²) in [5.41, 5.74) is 0. The number of rotatable bonds is 0. The molecule has 0 atom stereocenters. The number of carbonyl (C=O) groups excluding carboxylic acids is 1. The van der Waals surface area contributed by atoms with Crippen molar-refractivity contribution in [3.63, 3.8) is 0 Å². The molecule has 0 N–H and O–H groups in total. The molecular weight excluding hydrogens is 128 g/mol. The molecule has 0 aromatic rings. The van der Waals surface area contributed by atoms with Crippen molar-refractivity contribution in [3.8, 4) is 0 Å². The number of carbonyl (C=O) groups is 1. The fraction of sp³-hybridized carbons (Fsp3) is 0.875. The molecule has 1 fully saturated rings. The van der Waals surface area contributed by atoms with E-state index in [4.69, 9.17) is 4.79 Å². The van der Waals surface area contributed by atoms with Crippen LogP contribution in [0, 0.1) is 0 Å². The standard InChI is InChI=1S/C5H10.C2H6O.CH2O/c1-2-4-5-3-1;1-3-2;1-2/h1-5H2;1-2H3;1H2. The fourth-order valence-electron chi connectivity index (χ4n) is 0.884. The van der Waals surface area contributed by atoms with E-state index in [0.29, 0.717) is 0 Å². The molecular formula is C8H18O2. The second kappa shape index (κ2) is 15.9. The molecule has 0 heterocycles. The molecule has 2 nitrogen and oxygen atoms in total. The summed E-state index contributed by atoms with van der Waals surface area (Å²) in [5, 5.41) is 0. The Morgan fingerprint density at radius 1 is 0.900 bits per heavy atom. The zero-order valence-corrected chi connectivity index (χ0v) is 7.06. The lowest BCUT2D eigenvalue weighted by molar-refractivity contribution is -0.0979. The van der Waals surface area contributed by atoms with Crippen LogP contribution in [0.3, 0.4) is 0 Å². The second-order valence-electron chi connectivity index (χ2n) is 2.18. The molecule has 0 amide bonds. The van der Waals surface area contributed by atoms with Gasteiger partial charge in [-0.05, 0) is 0 Å². The van der Waals surface area contributed by atoms with Gasteiger partial charge in [0, 0.05) is 14.2 Å². The maximum absolute atomic E-state index is 8.00. The van der Waals surface area contributed by atoms with Crippen LogP contribution in [0.1, 0.15) is 32.1 Å². The minimum Gasteiger partial charge on any atom is -0.388 e. The van der Waals surface area contributed by atoms with E-state index in [1.165, 1.54) is 32.1 Å². The van der Waals surface area contributed by atoms with Gasteiger partial charge in [0.25, 0.3) is 0 Å². The van der Waals surface area contributed by atoms with Crippen LogP contribution in [-0.4, -0.2) is 21.0 Å². The molecule has 0 aromatic carbocycles. The van der Waals surface area contributed by atoms with Crippen LogP contribution in [0.2, 0.25) is 0 Å². The molecule has 10 heavy (non-hydrogen) atoms. The van der Waals surface area contributed by atoms with Crippen molar-refractivity contribution in [2.24, 2.45) is 0 Å². The Morgan fingerprint density at radius 3 is 1.10 bits per heavy atom. The lowest BCUT2D eigenvalue weighted by Gasteiger charge is -1.67. The van der Waals surface area contributed by atoms with Crippen molar-refractivity contribution in [3.05, 3.63) is 0 Å². The highest BCUT2D eigenvalue weighted by atomic mass is 16.4. The van der Waals surface area contributed by atoms with Gasteiger partial charge < -0.3 is 9.53 Å². The Balaban J connectivity index is 0. The van der Waals surface area contributed by atoms with Gasteiger partial charge in [0.15, 0.2) is 0 Å². The molecule has 0 unspecified atom stereocenters. The lowest BCUT2D eigenvalue weighted by atomic mass is 10.4. The first-order chi connectivity index (χ1) is 4.91. The van der Waals surface area contributed by atoms with E-state index in [1.807, 2.05) is 6.79 Å². The van der Waals surface area contributed by atoms with Crippen LogP contribution < -0.4 is 0 Å². The monoisotopic (exact) mass is 146 g/mol. The maximum atomic E-state index is 8.00. The number of methoxy groups -OCH3 is 1.